The van der Waals surface area contributed by atoms with Crippen molar-refractivity contribution >= 4 is 21.4 Å². The molecule has 3 N–H and O–H groups in total. The van der Waals surface area contributed by atoms with Crippen LogP contribution in [0.2, 0.25) is 0 Å². The summed E-state index contributed by atoms with van der Waals surface area (Å²) in [4.78, 5) is 4.18. The van der Waals surface area contributed by atoms with Gasteiger partial charge in [-0.05, 0) is 39.2 Å². The normalized spacial score (nSPS) is 24.6. The number of nitrogens with two attached hydrogens (primary N) is 1. The second-order valence-electron chi connectivity index (χ2n) is 5.11. The number of aromatic nitrogens is 1. The lowest BCUT2D eigenvalue weighted by Crippen LogP contribution is -2.44. The average Bonchev–Trinajstić information content (AvgIpc) is 2.69. The smallest absolute Gasteiger partial charge is 0.252 e. The van der Waals surface area contributed by atoms with Crippen molar-refractivity contribution in [1.82, 2.24) is 9.71 Å². The molecule has 1 aliphatic rings. The van der Waals surface area contributed by atoms with Crippen molar-refractivity contribution in [3.63, 3.8) is 0 Å². The van der Waals surface area contributed by atoms with Crippen LogP contribution in [0.15, 0.2) is 4.21 Å². The molecule has 2 atom stereocenters. The van der Waals surface area contributed by atoms with Crippen LogP contribution >= 0.6 is 11.3 Å². The van der Waals surface area contributed by atoms with Gasteiger partial charge in [0.25, 0.3) is 10.0 Å². The van der Waals surface area contributed by atoms with Crippen LogP contribution in [0.5, 0.6) is 0 Å². The molecular weight excluding hydrogens is 282 g/mol. The van der Waals surface area contributed by atoms with E-state index in [1.807, 2.05) is 6.92 Å². The zero-order valence-electron chi connectivity index (χ0n) is 11.3. The summed E-state index contributed by atoms with van der Waals surface area (Å²) in [6.45, 7) is 4.09. The number of thiazole rings is 1. The molecule has 0 radical (unpaired) electrons. The number of rotatable bonds is 4. The Morgan fingerprint density at radius 2 is 2.05 bits per heavy atom. The van der Waals surface area contributed by atoms with Gasteiger partial charge in [0.2, 0.25) is 0 Å². The monoisotopic (exact) mass is 303 g/mol. The third-order valence-corrected chi connectivity index (χ3v) is 6.80. The van der Waals surface area contributed by atoms with Crippen molar-refractivity contribution in [1.29, 1.82) is 0 Å². The molecule has 0 bridgehead atoms. The zero-order valence-corrected chi connectivity index (χ0v) is 13.0. The molecule has 108 valence electrons. The van der Waals surface area contributed by atoms with Crippen molar-refractivity contribution in [2.24, 2.45) is 11.7 Å². The number of sulfonamides is 1. The molecular formula is C12H21N3O2S2. The minimum atomic E-state index is -3.46. The van der Waals surface area contributed by atoms with Gasteiger partial charge in [-0.1, -0.05) is 12.8 Å². The minimum absolute atomic E-state index is 0.0365. The Kier molecular flexibility index (Phi) is 4.60. The maximum absolute atomic E-state index is 12.4. The summed E-state index contributed by atoms with van der Waals surface area (Å²) in [5, 5.41) is 0.775. The molecule has 1 fully saturated rings. The fourth-order valence-electron chi connectivity index (χ4n) is 2.66. The van der Waals surface area contributed by atoms with Gasteiger partial charge in [0, 0.05) is 6.04 Å². The molecule has 1 aliphatic carbocycles. The molecule has 1 aromatic rings. The minimum Gasteiger partial charge on any atom is -0.330 e. The number of nitrogens with zero attached hydrogens (tertiary/aromatic N) is 1. The lowest BCUT2D eigenvalue weighted by Gasteiger charge is -2.30. The van der Waals surface area contributed by atoms with Crippen LogP contribution in [-0.2, 0) is 10.0 Å². The van der Waals surface area contributed by atoms with E-state index in [-0.39, 0.29) is 12.0 Å². The van der Waals surface area contributed by atoms with Gasteiger partial charge in [-0.2, -0.15) is 0 Å². The van der Waals surface area contributed by atoms with Gasteiger partial charge in [0.15, 0.2) is 4.21 Å². The summed E-state index contributed by atoms with van der Waals surface area (Å²) in [6, 6.07) is -0.0365. The lowest BCUT2D eigenvalue weighted by molar-refractivity contribution is 0.296. The van der Waals surface area contributed by atoms with E-state index in [0.29, 0.717) is 16.4 Å². The molecule has 0 amide bonds. The molecule has 19 heavy (non-hydrogen) atoms. The summed E-state index contributed by atoms with van der Waals surface area (Å²) in [5.74, 6) is 0.248. The van der Waals surface area contributed by atoms with Crippen LogP contribution in [0.4, 0.5) is 0 Å². The van der Waals surface area contributed by atoms with Crippen molar-refractivity contribution in [2.75, 3.05) is 6.54 Å². The Balaban J connectivity index is 2.19. The Morgan fingerprint density at radius 3 is 2.63 bits per heavy atom. The van der Waals surface area contributed by atoms with Gasteiger partial charge in [-0.3, -0.25) is 0 Å². The molecule has 0 unspecified atom stereocenters. The molecule has 7 heteroatoms. The second-order valence-corrected chi connectivity index (χ2v) is 8.23. The molecule has 0 saturated heterocycles. The molecule has 1 aromatic heterocycles. The van der Waals surface area contributed by atoms with E-state index in [1.54, 1.807) is 6.92 Å². The summed E-state index contributed by atoms with van der Waals surface area (Å²) >= 11 is 1.23. The Morgan fingerprint density at radius 1 is 1.37 bits per heavy atom. The van der Waals surface area contributed by atoms with E-state index in [4.69, 9.17) is 5.73 Å². The summed E-state index contributed by atoms with van der Waals surface area (Å²) in [5.41, 5.74) is 6.32. The first-order valence-electron chi connectivity index (χ1n) is 6.60. The van der Waals surface area contributed by atoms with E-state index >= 15 is 0 Å². The number of hydrogen-bond donors (Lipinski definition) is 2. The SMILES string of the molecule is Cc1nc(C)c(S(=O)(=O)N[C@H]2CCCC[C@H]2CN)s1. The highest BCUT2D eigenvalue weighted by atomic mass is 32.2. The molecule has 1 saturated carbocycles. The van der Waals surface area contributed by atoms with E-state index in [0.717, 1.165) is 30.7 Å². The van der Waals surface area contributed by atoms with Gasteiger partial charge in [-0.25, -0.2) is 18.1 Å². The van der Waals surface area contributed by atoms with Gasteiger partial charge in [0.05, 0.1) is 10.7 Å². The lowest BCUT2D eigenvalue weighted by atomic mass is 9.85. The van der Waals surface area contributed by atoms with Crippen molar-refractivity contribution < 1.29 is 8.42 Å². The van der Waals surface area contributed by atoms with Gasteiger partial charge in [-0.15, -0.1) is 11.3 Å². The van der Waals surface area contributed by atoms with E-state index in [2.05, 4.69) is 9.71 Å². The van der Waals surface area contributed by atoms with Crippen molar-refractivity contribution in [2.45, 2.75) is 49.8 Å². The molecule has 2 rings (SSSR count). The fraction of sp³-hybridized carbons (Fsp3) is 0.750. The van der Waals surface area contributed by atoms with Gasteiger partial charge < -0.3 is 5.73 Å². The molecule has 0 aromatic carbocycles. The molecule has 0 spiro atoms. The first kappa shape index (κ1) is 14.9. The van der Waals surface area contributed by atoms with Gasteiger partial charge in [0.1, 0.15) is 0 Å². The second kappa shape index (κ2) is 5.87. The standard InChI is InChI=1S/C12H21N3O2S2/c1-8-12(18-9(2)14-8)19(16,17)15-11-6-4-3-5-10(11)7-13/h10-11,15H,3-7,13H2,1-2H3/t10-,11-/m0/s1. The van der Waals surface area contributed by atoms with E-state index in [1.165, 1.54) is 11.3 Å². The molecule has 1 heterocycles. The predicted octanol–water partition coefficient (Wildman–Crippen LogP) is 1.56. The predicted molar refractivity (Wildman–Crippen MR) is 76.7 cm³/mol. The van der Waals surface area contributed by atoms with E-state index < -0.39 is 10.0 Å². The highest BCUT2D eigenvalue weighted by Gasteiger charge is 2.30. The van der Waals surface area contributed by atoms with Crippen LogP contribution in [0.25, 0.3) is 0 Å². The van der Waals surface area contributed by atoms with Crippen LogP contribution in [0.3, 0.4) is 0 Å². The third-order valence-electron chi connectivity index (χ3n) is 3.62. The Labute approximate surface area is 118 Å². The maximum Gasteiger partial charge on any atom is 0.252 e. The molecule has 5 nitrogen and oxygen atoms in total. The number of nitrogens with one attached hydrogen (secondary N) is 1. The first-order valence-corrected chi connectivity index (χ1v) is 8.90. The van der Waals surface area contributed by atoms with Crippen molar-refractivity contribution in [3.05, 3.63) is 10.7 Å². The highest BCUT2D eigenvalue weighted by Crippen LogP contribution is 2.27. The number of aryl methyl sites for hydroxylation is 2. The fourth-order valence-corrected chi connectivity index (χ4v) is 5.50. The first-order chi connectivity index (χ1) is 8.94. The van der Waals surface area contributed by atoms with Gasteiger partial charge >= 0.3 is 0 Å². The largest absolute Gasteiger partial charge is 0.330 e. The average molecular weight is 303 g/mol. The van der Waals surface area contributed by atoms with Crippen LogP contribution in [0, 0.1) is 19.8 Å². The summed E-state index contributed by atoms with van der Waals surface area (Å²) < 4.78 is 28.0. The maximum atomic E-state index is 12.4. The molecule has 0 aliphatic heterocycles. The zero-order chi connectivity index (χ0) is 14.0. The summed E-state index contributed by atoms with van der Waals surface area (Å²) in [6.07, 6.45) is 4.07. The highest BCUT2D eigenvalue weighted by molar-refractivity contribution is 7.91. The Bertz CT molecular complexity index is 539. The van der Waals surface area contributed by atoms with E-state index in [9.17, 15) is 8.42 Å². The van der Waals surface area contributed by atoms with Crippen LogP contribution in [0.1, 0.15) is 36.4 Å². The third kappa shape index (κ3) is 3.34. The van der Waals surface area contributed by atoms with Crippen LogP contribution in [-0.4, -0.2) is 26.0 Å². The quantitative estimate of drug-likeness (QED) is 0.884. The Hall–Kier alpha value is -0.500. The number of hydrogen-bond acceptors (Lipinski definition) is 5. The topological polar surface area (TPSA) is 85.1 Å². The van der Waals surface area contributed by atoms with Crippen molar-refractivity contribution in [3.8, 4) is 0 Å². The summed E-state index contributed by atoms with van der Waals surface area (Å²) in [7, 11) is -3.46. The van der Waals surface area contributed by atoms with Crippen LogP contribution < -0.4 is 10.5 Å².